The van der Waals surface area contributed by atoms with E-state index in [1.54, 1.807) is 11.3 Å². The fourth-order valence-corrected chi connectivity index (χ4v) is 3.56. The predicted octanol–water partition coefficient (Wildman–Crippen LogP) is 2.90. The standard InChI is InChI=1S/C17H27N3O2S/c1-17(2,3)13-11-23-16(20-13)10-18-14(21)8-9-15(22)19-12-6-4-5-7-12/h11-12H,4-10H2,1-3H3,(H,18,21)(H,19,22). The van der Waals surface area contributed by atoms with E-state index in [2.05, 4.69) is 36.4 Å². The van der Waals surface area contributed by atoms with Crippen molar-refractivity contribution in [2.24, 2.45) is 0 Å². The first-order valence-electron chi connectivity index (χ1n) is 8.35. The second kappa shape index (κ2) is 7.90. The zero-order chi connectivity index (χ0) is 16.9. The molecule has 0 radical (unpaired) electrons. The molecule has 0 saturated heterocycles. The van der Waals surface area contributed by atoms with Gasteiger partial charge in [-0.15, -0.1) is 11.3 Å². The Morgan fingerprint density at radius 3 is 2.48 bits per heavy atom. The monoisotopic (exact) mass is 337 g/mol. The lowest BCUT2D eigenvalue weighted by Gasteiger charge is -2.14. The average Bonchev–Trinajstić information content (AvgIpc) is 3.13. The summed E-state index contributed by atoms with van der Waals surface area (Å²) in [5, 5.41) is 8.78. The van der Waals surface area contributed by atoms with Crippen LogP contribution < -0.4 is 10.6 Å². The molecule has 0 aliphatic heterocycles. The van der Waals surface area contributed by atoms with Crippen LogP contribution in [0.3, 0.4) is 0 Å². The van der Waals surface area contributed by atoms with Crippen molar-refractivity contribution in [1.82, 2.24) is 15.6 Å². The first-order valence-corrected chi connectivity index (χ1v) is 9.23. The zero-order valence-electron chi connectivity index (χ0n) is 14.3. The van der Waals surface area contributed by atoms with E-state index in [1.165, 1.54) is 12.8 Å². The summed E-state index contributed by atoms with van der Waals surface area (Å²) in [6, 6.07) is 0.316. The summed E-state index contributed by atoms with van der Waals surface area (Å²) in [4.78, 5) is 28.2. The molecule has 5 nitrogen and oxygen atoms in total. The van der Waals surface area contributed by atoms with Crippen LogP contribution in [0.5, 0.6) is 0 Å². The number of amides is 2. The molecule has 0 aromatic carbocycles. The van der Waals surface area contributed by atoms with Crippen LogP contribution in [0.4, 0.5) is 0 Å². The molecule has 0 atom stereocenters. The smallest absolute Gasteiger partial charge is 0.220 e. The molecule has 23 heavy (non-hydrogen) atoms. The molecule has 0 bridgehead atoms. The minimum Gasteiger partial charge on any atom is -0.353 e. The molecule has 1 aromatic heterocycles. The quantitative estimate of drug-likeness (QED) is 0.838. The van der Waals surface area contributed by atoms with Gasteiger partial charge in [0.2, 0.25) is 11.8 Å². The Kier molecular flexibility index (Phi) is 6.16. The van der Waals surface area contributed by atoms with Gasteiger partial charge in [-0.3, -0.25) is 9.59 Å². The van der Waals surface area contributed by atoms with Crippen molar-refractivity contribution in [2.75, 3.05) is 0 Å². The number of nitrogens with one attached hydrogen (secondary N) is 2. The maximum Gasteiger partial charge on any atom is 0.220 e. The largest absolute Gasteiger partial charge is 0.353 e. The highest BCUT2D eigenvalue weighted by Crippen LogP contribution is 2.23. The van der Waals surface area contributed by atoms with E-state index in [4.69, 9.17) is 0 Å². The van der Waals surface area contributed by atoms with Gasteiger partial charge in [0.25, 0.3) is 0 Å². The van der Waals surface area contributed by atoms with Gasteiger partial charge in [-0.05, 0) is 12.8 Å². The van der Waals surface area contributed by atoms with Crippen molar-refractivity contribution in [2.45, 2.75) is 77.3 Å². The fraction of sp³-hybridized carbons (Fsp3) is 0.706. The lowest BCUT2D eigenvalue weighted by Crippen LogP contribution is -2.33. The summed E-state index contributed by atoms with van der Waals surface area (Å²) >= 11 is 1.56. The maximum absolute atomic E-state index is 11.8. The summed E-state index contributed by atoms with van der Waals surface area (Å²) in [5.41, 5.74) is 1.07. The van der Waals surface area contributed by atoms with E-state index >= 15 is 0 Å². The Bertz CT molecular complexity index is 542. The molecule has 128 valence electrons. The maximum atomic E-state index is 11.8. The minimum absolute atomic E-state index is 0.0173. The molecule has 1 aliphatic carbocycles. The topological polar surface area (TPSA) is 71.1 Å². The number of carbonyl (C=O) groups excluding carboxylic acids is 2. The highest BCUT2D eigenvalue weighted by molar-refractivity contribution is 7.09. The molecule has 1 fully saturated rings. The van der Waals surface area contributed by atoms with Gasteiger partial charge in [0, 0.05) is 29.7 Å². The van der Waals surface area contributed by atoms with Crippen LogP contribution in [0.25, 0.3) is 0 Å². The summed E-state index contributed by atoms with van der Waals surface area (Å²) in [5.74, 6) is -0.115. The lowest BCUT2D eigenvalue weighted by atomic mass is 9.93. The predicted molar refractivity (Wildman–Crippen MR) is 92.3 cm³/mol. The van der Waals surface area contributed by atoms with Crippen LogP contribution in [0, 0.1) is 0 Å². The van der Waals surface area contributed by atoms with Gasteiger partial charge in [-0.25, -0.2) is 4.98 Å². The highest BCUT2D eigenvalue weighted by Gasteiger charge is 2.19. The second-order valence-electron chi connectivity index (χ2n) is 7.20. The molecular formula is C17H27N3O2S. The zero-order valence-corrected chi connectivity index (χ0v) is 15.1. The third-order valence-electron chi connectivity index (χ3n) is 4.06. The first kappa shape index (κ1) is 17.9. The summed E-state index contributed by atoms with van der Waals surface area (Å²) in [6.45, 7) is 6.79. The Morgan fingerprint density at radius 1 is 1.22 bits per heavy atom. The van der Waals surface area contributed by atoms with Gasteiger partial charge in [-0.2, -0.15) is 0 Å². The van der Waals surface area contributed by atoms with E-state index in [0.717, 1.165) is 23.5 Å². The molecule has 0 spiro atoms. The number of thiazole rings is 1. The number of rotatable bonds is 6. The second-order valence-corrected chi connectivity index (χ2v) is 8.14. The van der Waals surface area contributed by atoms with Crippen LogP contribution in [0.15, 0.2) is 5.38 Å². The normalized spacial score (nSPS) is 15.6. The van der Waals surface area contributed by atoms with Crippen molar-refractivity contribution in [3.63, 3.8) is 0 Å². The third kappa shape index (κ3) is 5.94. The molecule has 0 unspecified atom stereocenters. The molecule has 1 heterocycles. The van der Waals surface area contributed by atoms with E-state index in [-0.39, 0.29) is 30.1 Å². The Balaban J connectivity index is 1.66. The van der Waals surface area contributed by atoms with E-state index in [1.807, 2.05) is 5.38 Å². The van der Waals surface area contributed by atoms with Gasteiger partial charge < -0.3 is 10.6 Å². The third-order valence-corrected chi connectivity index (χ3v) is 4.91. The summed E-state index contributed by atoms with van der Waals surface area (Å²) in [7, 11) is 0. The summed E-state index contributed by atoms with van der Waals surface area (Å²) in [6.07, 6.45) is 5.01. The van der Waals surface area contributed by atoms with Crippen LogP contribution in [-0.2, 0) is 21.5 Å². The molecule has 6 heteroatoms. The number of nitrogens with zero attached hydrogens (tertiary/aromatic N) is 1. The Hall–Kier alpha value is -1.43. The van der Waals surface area contributed by atoms with Crippen LogP contribution >= 0.6 is 11.3 Å². The van der Waals surface area contributed by atoms with Gasteiger partial charge in [0.15, 0.2) is 0 Å². The number of hydrogen-bond acceptors (Lipinski definition) is 4. The van der Waals surface area contributed by atoms with E-state index in [9.17, 15) is 9.59 Å². The van der Waals surface area contributed by atoms with E-state index in [0.29, 0.717) is 12.6 Å². The van der Waals surface area contributed by atoms with Crippen molar-refractivity contribution < 1.29 is 9.59 Å². The van der Waals surface area contributed by atoms with Crippen LogP contribution in [0.2, 0.25) is 0 Å². The number of carbonyl (C=O) groups is 2. The molecule has 1 aliphatic rings. The molecule has 2 rings (SSSR count). The molecular weight excluding hydrogens is 310 g/mol. The Morgan fingerprint density at radius 2 is 1.87 bits per heavy atom. The van der Waals surface area contributed by atoms with Gasteiger partial charge in [0.05, 0.1) is 12.2 Å². The lowest BCUT2D eigenvalue weighted by molar-refractivity contribution is -0.126. The van der Waals surface area contributed by atoms with Crippen molar-refractivity contribution in [1.29, 1.82) is 0 Å². The Labute approximate surface area is 142 Å². The van der Waals surface area contributed by atoms with Crippen molar-refractivity contribution in [3.05, 3.63) is 16.1 Å². The highest BCUT2D eigenvalue weighted by atomic mass is 32.1. The molecule has 2 N–H and O–H groups in total. The van der Waals surface area contributed by atoms with Crippen molar-refractivity contribution in [3.8, 4) is 0 Å². The van der Waals surface area contributed by atoms with Gasteiger partial charge in [-0.1, -0.05) is 33.6 Å². The number of hydrogen-bond donors (Lipinski definition) is 2. The van der Waals surface area contributed by atoms with E-state index < -0.39 is 0 Å². The molecule has 1 aromatic rings. The molecule has 2 amide bonds. The fourth-order valence-electron chi connectivity index (χ4n) is 2.60. The average molecular weight is 337 g/mol. The van der Waals surface area contributed by atoms with Crippen LogP contribution in [0.1, 0.15) is 70.0 Å². The number of aromatic nitrogens is 1. The molecule has 1 saturated carbocycles. The summed E-state index contributed by atoms with van der Waals surface area (Å²) < 4.78 is 0. The van der Waals surface area contributed by atoms with Crippen molar-refractivity contribution >= 4 is 23.2 Å². The minimum atomic E-state index is -0.0981. The van der Waals surface area contributed by atoms with Crippen LogP contribution in [-0.4, -0.2) is 22.8 Å². The SMILES string of the molecule is CC(C)(C)c1csc(CNC(=O)CCC(=O)NC2CCCC2)n1. The van der Waals surface area contributed by atoms with Gasteiger partial charge >= 0.3 is 0 Å². The first-order chi connectivity index (χ1) is 10.8. The van der Waals surface area contributed by atoms with Gasteiger partial charge in [0.1, 0.15) is 5.01 Å².